The lowest BCUT2D eigenvalue weighted by molar-refractivity contribution is 0.519. The molecule has 1 N–H and O–H groups in total. The lowest BCUT2D eigenvalue weighted by Gasteiger charge is -2.14. The van der Waals surface area contributed by atoms with Crippen LogP contribution in [0.3, 0.4) is 0 Å². The van der Waals surface area contributed by atoms with Crippen LogP contribution in [0.4, 0.5) is 0 Å². The van der Waals surface area contributed by atoms with Gasteiger partial charge in [-0.2, -0.15) is 16.6 Å². The van der Waals surface area contributed by atoms with Gasteiger partial charge < -0.3 is 0 Å². The molecular weight excluding hydrogens is 180 g/mol. The number of nitrogens with one attached hydrogen (secondary N) is 1. The summed E-state index contributed by atoms with van der Waals surface area (Å²) in [5, 5.41) is 16.0. The third-order valence-electron chi connectivity index (χ3n) is 1.85. The van der Waals surface area contributed by atoms with Crippen molar-refractivity contribution in [3.63, 3.8) is 0 Å². The molecule has 1 rings (SSSR count). The summed E-state index contributed by atoms with van der Waals surface area (Å²) >= 11 is 1.71. The van der Waals surface area contributed by atoms with E-state index in [1.54, 1.807) is 11.3 Å². The van der Waals surface area contributed by atoms with Crippen molar-refractivity contribution < 1.29 is 0 Å². The molecule has 2 nitrogen and oxygen atoms in total. The predicted molar refractivity (Wildman–Crippen MR) is 55.7 cm³/mol. The first-order chi connectivity index (χ1) is 6.22. The molecule has 0 aromatic carbocycles. The maximum atomic E-state index is 8.60. The van der Waals surface area contributed by atoms with E-state index in [4.69, 9.17) is 5.26 Å². The zero-order valence-corrected chi connectivity index (χ0v) is 8.77. The van der Waals surface area contributed by atoms with Crippen LogP contribution in [0, 0.1) is 11.3 Å². The quantitative estimate of drug-likeness (QED) is 0.797. The van der Waals surface area contributed by atoms with Crippen molar-refractivity contribution in [2.24, 2.45) is 0 Å². The van der Waals surface area contributed by atoms with Crippen LogP contribution in [-0.2, 0) is 6.42 Å². The maximum absolute atomic E-state index is 8.60. The average molecular weight is 194 g/mol. The van der Waals surface area contributed by atoms with Crippen LogP contribution in [0.1, 0.15) is 19.4 Å². The van der Waals surface area contributed by atoms with Crippen molar-refractivity contribution in [2.45, 2.75) is 32.4 Å². The van der Waals surface area contributed by atoms with Gasteiger partial charge in [0.1, 0.15) is 0 Å². The highest BCUT2D eigenvalue weighted by atomic mass is 32.1. The lowest BCUT2D eigenvalue weighted by atomic mass is 10.1. The van der Waals surface area contributed by atoms with Crippen LogP contribution in [-0.4, -0.2) is 12.1 Å². The van der Waals surface area contributed by atoms with E-state index in [9.17, 15) is 0 Å². The van der Waals surface area contributed by atoms with Gasteiger partial charge in [-0.05, 0) is 42.7 Å². The molecule has 70 valence electrons. The molecule has 0 saturated heterocycles. The summed E-state index contributed by atoms with van der Waals surface area (Å²) in [6.07, 6.45) is 0.996. The fourth-order valence-corrected chi connectivity index (χ4v) is 1.97. The third kappa shape index (κ3) is 3.58. The number of nitriles is 1. The van der Waals surface area contributed by atoms with Gasteiger partial charge in [-0.1, -0.05) is 0 Å². The monoisotopic (exact) mass is 194 g/mol. The van der Waals surface area contributed by atoms with Crippen molar-refractivity contribution in [3.05, 3.63) is 22.4 Å². The predicted octanol–water partition coefficient (Wildman–Crippen LogP) is 2.18. The van der Waals surface area contributed by atoms with E-state index in [1.165, 1.54) is 5.56 Å². The molecule has 13 heavy (non-hydrogen) atoms. The van der Waals surface area contributed by atoms with Gasteiger partial charge in [0.25, 0.3) is 0 Å². The van der Waals surface area contributed by atoms with Crippen LogP contribution in [0.15, 0.2) is 16.8 Å². The van der Waals surface area contributed by atoms with E-state index in [-0.39, 0.29) is 6.04 Å². The topological polar surface area (TPSA) is 35.8 Å². The molecule has 0 aliphatic heterocycles. The second-order valence-corrected chi connectivity index (χ2v) is 4.03. The Hall–Kier alpha value is -0.850. The summed E-state index contributed by atoms with van der Waals surface area (Å²) in [5.74, 6) is 0. The minimum Gasteiger partial charge on any atom is -0.299 e. The van der Waals surface area contributed by atoms with Crippen LogP contribution >= 0.6 is 11.3 Å². The molecule has 1 aromatic heterocycles. The molecule has 3 heteroatoms. The zero-order valence-electron chi connectivity index (χ0n) is 7.95. The Bertz CT molecular complexity index is 274. The van der Waals surface area contributed by atoms with Crippen LogP contribution in [0.2, 0.25) is 0 Å². The van der Waals surface area contributed by atoms with E-state index in [0.29, 0.717) is 6.04 Å². The molecule has 0 aliphatic rings. The van der Waals surface area contributed by atoms with Crippen molar-refractivity contribution in [3.8, 4) is 6.07 Å². The Labute approximate surface area is 83.2 Å². The highest BCUT2D eigenvalue weighted by molar-refractivity contribution is 7.07. The van der Waals surface area contributed by atoms with Gasteiger partial charge in [0, 0.05) is 6.04 Å². The van der Waals surface area contributed by atoms with Crippen molar-refractivity contribution >= 4 is 11.3 Å². The first-order valence-electron chi connectivity index (χ1n) is 4.39. The van der Waals surface area contributed by atoms with E-state index < -0.39 is 0 Å². The molecule has 1 aromatic rings. The van der Waals surface area contributed by atoms with E-state index in [0.717, 1.165) is 6.42 Å². The van der Waals surface area contributed by atoms with E-state index >= 15 is 0 Å². The van der Waals surface area contributed by atoms with Crippen molar-refractivity contribution in [1.29, 1.82) is 5.26 Å². The van der Waals surface area contributed by atoms with E-state index in [2.05, 4.69) is 35.1 Å². The zero-order chi connectivity index (χ0) is 9.68. The first-order valence-corrected chi connectivity index (χ1v) is 5.33. The SMILES string of the molecule is CC(C#N)NC(C)Cc1ccsc1. The second-order valence-electron chi connectivity index (χ2n) is 3.25. The van der Waals surface area contributed by atoms with Gasteiger partial charge in [-0.25, -0.2) is 0 Å². The molecule has 0 spiro atoms. The summed E-state index contributed by atoms with van der Waals surface area (Å²) in [6, 6.07) is 4.60. The highest BCUT2D eigenvalue weighted by Crippen LogP contribution is 2.08. The molecule has 1 heterocycles. The third-order valence-corrected chi connectivity index (χ3v) is 2.58. The molecule has 0 radical (unpaired) electrons. The fraction of sp³-hybridized carbons (Fsp3) is 0.500. The number of thiophene rings is 1. The normalized spacial score (nSPS) is 14.8. The van der Waals surface area contributed by atoms with Gasteiger partial charge in [0.15, 0.2) is 0 Å². The van der Waals surface area contributed by atoms with Crippen LogP contribution < -0.4 is 5.32 Å². The van der Waals surface area contributed by atoms with Gasteiger partial charge in [0.2, 0.25) is 0 Å². The molecule has 0 fully saturated rings. The van der Waals surface area contributed by atoms with Gasteiger partial charge in [-0.15, -0.1) is 0 Å². The molecule has 0 bridgehead atoms. The van der Waals surface area contributed by atoms with Crippen molar-refractivity contribution in [1.82, 2.24) is 5.32 Å². The minimum absolute atomic E-state index is 0.0614. The second kappa shape index (κ2) is 5.00. The van der Waals surface area contributed by atoms with Crippen LogP contribution in [0.25, 0.3) is 0 Å². The lowest BCUT2D eigenvalue weighted by Crippen LogP contribution is -2.34. The summed E-state index contributed by atoms with van der Waals surface area (Å²) < 4.78 is 0. The molecule has 2 unspecified atom stereocenters. The maximum Gasteiger partial charge on any atom is 0.0926 e. The summed E-state index contributed by atoms with van der Waals surface area (Å²) in [6.45, 7) is 3.98. The Morgan fingerprint density at radius 2 is 2.38 bits per heavy atom. The summed E-state index contributed by atoms with van der Waals surface area (Å²) in [4.78, 5) is 0. The number of hydrogen-bond donors (Lipinski definition) is 1. The fourth-order valence-electron chi connectivity index (χ4n) is 1.29. The van der Waals surface area contributed by atoms with E-state index in [1.807, 2.05) is 6.92 Å². The Kier molecular flexibility index (Phi) is 3.94. The smallest absolute Gasteiger partial charge is 0.0926 e. The summed E-state index contributed by atoms with van der Waals surface area (Å²) in [5.41, 5.74) is 1.34. The van der Waals surface area contributed by atoms with Gasteiger partial charge in [0.05, 0.1) is 12.1 Å². The van der Waals surface area contributed by atoms with Crippen LogP contribution in [0.5, 0.6) is 0 Å². The number of hydrogen-bond acceptors (Lipinski definition) is 3. The minimum atomic E-state index is -0.0614. The standard InChI is InChI=1S/C10H14N2S/c1-8(12-9(2)6-11)5-10-3-4-13-7-10/h3-4,7-9,12H,5H2,1-2H3. The van der Waals surface area contributed by atoms with Crippen molar-refractivity contribution in [2.75, 3.05) is 0 Å². The van der Waals surface area contributed by atoms with Gasteiger partial charge >= 0.3 is 0 Å². The largest absolute Gasteiger partial charge is 0.299 e. The number of rotatable bonds is 4. The molecule has 0 aliphatic carbocycles. The molecular formula is C10H14N2S. The van der Waals surface area contributed by atoms with Gasteiger partial charge in [-0.3, -0.25) is 5.32 Å². The Balaban J connectivity index is 2.34. The molecule has 0 saturated carbocycles. The molecule has 2 atom stereocenters. The first kappa shape index (κ1) is 10.2. The Morgan fingerprint density at radius 1 is 1.62 bits per heavy atom. The Morgan fingerprint density at radius 3 is 2.92 bits per heavy atom. The number of nitrogens with zero attached hydrogens (tertiary/aromatic N) is 1. The molecule has 0 amide bonds. The summed E-state index contributed by atoms with van der Waals surface area (Å²) in [7, 11) is 0. The highest BCUT2D eigenvalue weighted by Gasteiger charge is 2.06. The average Bonchev–Trinajstić information content (AvgIpc) is 2.56.